The Morgan fingerprint density at radius 3 is 2.53 bits per heavy atom. The van der Waals surface area contributed by atoms with Gasteiger partial charge < -0.3 is 19.3 Å². The van der Waals surface area contributed by atoms with E-state index in [4.69, 9.17) is 14.2 Å². The van der Waals surface area contributed by atoms with Crippen molar-refractivity contribution in [2.24, 2.45) is 0 Å². The Bertz CT molecular complexity index is 374. The minimum absolute atomic E-state index is 0.191. The van der Waals surface area contributed by atoms with Crippen LogP contribution in [0.15, 0.2) is 24.3 Å². The van der Waals surface area contributed by atoms with Crippen LogP contribution in [-0.4, -0.2) is 44.1 Å². The predicted molar refractivity (Wildman–Crippen MR) is 70.1 cm³/mol. The molecule has 1 aromatic carbocycles. The standard InChI is InChI=1S/C14H20O5/c1-3-18-14(16)13(19-9-8-17-2)10-11-4-6-12(15)7-5-11/h4-7,13,15H,3,8-10H2,1-2H3. The second-order valence-electron chi connectivity index (χ2n) is 3.97. The largest absolute Gasteiger partial charge is 0.508 e. The molecule has 1 rings (SSSR count). The van der Waals surface area contributed by atoms with Crippen molar-refractivity contribution in [3.05, 3.63) is 29.8 Å². The third kappa shape index (κ3) is 5.72. The van der Waals surface area contributed by atoms with Gasteiger partial charge in [-0.2, -0.15) is 0 Å². The van der Waals surface area contributed by atoms with Crippen LogP contribution in [-0.2, 0) is 25.4 Å². The minimum atomic E-state index is -0.653. The Balaban J connectivity index is 2.61. The van der Waals surface area contributed by atoms with E-state index < -0.39 is 6.10 Å². The molecular weight excluding hydrogens is 248 g/mol. The summed E-state index contributed by atoms with van der Waals surface area (Å²) in [6.07, 6.45) is -0.248. The Morgan fingerprint density at radius 1 is 1.26 bits per heavy atom. The lowest BCUT2D eigenvalue weighted by molar-refractivity contribution is -0.157. The van der Waals surface area contributed by atoms with Gasteiger partial charge in [0, 0.05) is 13.5 Å². The number of phenolic OH excluding ortho intramolecular Hbond substituents is 1. The van der Waals surface area contributed by atoms with Crippen molar-refractivity contribution in [1.29, 1.82) is 0 Å². The van der Waals surface area contributed by atoms with Gasteiger partial charge in [-0.15, -0.1) is 0 Å². The van der Waals surface area contributed by atoms with Crippen LogP contribution in [0.3, 0.4) is 0 Å². The van der Waals surface area contributed by atoms with Gasteiger partial charge in [0.2, 0.25) is 0 Å². The lowest BCUT2D eigenvalue weighted by Crippen LogP contribution is -2.30. The molecule has 0 saturated heterocycles. The third-order valence-electron chi connectivity index (χ3n) is 2.51. The number of hydrogen-bond acceptors (Lipinski definition) is 5. The summed E-state index contributed by atoms with van der Waals surface area (Å²) >= 11 is 0. The number of ether oxygens (including phenoxy) is 3. The summed E-state index contributed by atoms with van der Waals surface area (Å²) in [7, 11) is 1.57. The summed E-state index contributed by atoms with van der Waals surface area (Å²) in [5.41, 5.74) is 0.897. The molecule has 0 aliphatic rings. The van der Waals surface area contributed by atoms with E-state index in [1.165, 1.54) is 0 Å². The molecule has 1 atom stereocenters. The van der Waals surface area contributed by atoms with Crippen molar-refractivity contribution in [2.75, 3.05) is 26.9 Å². The van der Waals surface area contributed by atoms with Crippen LogP contribution < -0.4 is 0 Å². The third-order valence-corrected chi connectivity index (χ3v) is 2.51. The average Bonchev–Trinajstić information content (AvgIpc) is 2.40. The maximum Gasteiger partial charge on any atom is 0.335 e. The molecule has 0 aromatic heterocycles. The second-order valence-corrected chi connectivity index (χ2v) is 3.97. The number of esters is 1. The van der Waals surface area contributed by atoms with E-state index in [0.717, 1.165) is 5.56 Å². The Hall–Kier alpha value is -1.59. The summed E-state index contributed by atoms with van der Waals surface area (Å²) in [4.78, 5) is 11.8. The number of hydrogen-bond donors (Lipinski definition) is 1. The molecule has 0 fully saturated rings. The number of aromatic hydroxyl groups is 1. The van der Waals surface area contributed by atoms with Gasteiger partial charge in [0.15, 0.2) is 6.10 Å². The number of carbonyl (C=O) groups excluding carboxylic acids is 1. The van der Waals surface area contributed by atoms with Crippen molar-refractivity contribution in [2.45, 2.75) is 19.4 Å². The molecule has 5 heteroatoms. The zero-order valence-corrected chi connectivity index (χ0v) is 11.3. The summed E-state index contributed by atoms with van der Waals surface area (Å²) in [5, 5.41) is 9.22. The number of phenols is 1. The molecule has 19 heavy (non-hydrogen) atoms. The zero-order chi connectivity index (χ0) is 14.1. The van der Waals surface area contributed by atoms with Crippen LogP contribution >= 0.6 is 0 Å². The lowest BCUT2D eigenvalue weighted by atomic mass is 10.1. The molecule has 1 N–H and O–H groups in total. The van der Waals surface area contributed by atoms with Crippen LogP contribution in [0.2, 0.25) is 0 Å². The topological polar surface area (TPSA) is 65.0 Å². The van der Waals surface area contributed by atoms with Crippen LogP contribution in [0.25, 0.3) is 0 Å². The van der Waals surface area contributed by atoms with Crippen molar-refractivity contribution in [1.82, 2.24) is 0 Å². The average molecular weight is 268 g/mol. The smallest absolute Gasteiger partial charge is 0.335 e. The Morgan fingerprint density at radius 2 is 1.95 bits per heavy atom. The summed E-state index contributed by atoms with van der Waals surface area (Å²) in [6.45, 7) is 2.83. The Kier molecular flexibility index (Phi) is 6.92. The molecule has 1 unspecified atom stereocenters. The highest BCUT2D eigenvalue weighted by Gasteiger charge is 2.20. The van der Waals surface area contributed by atoms with Gasteiger partial charge in [-0.3, -0.25) is 0 Å². The quantitative estimate of drug-likeness (QED) is 0.572. The second kappa shape index (κ2) is 8.50. The normalized spacial score (nSPS) is 12.1. The number of carbonyl (C=O) groups is 1. The fourth-order valence-corrected chi connectivity index (χ4v) is 1.57. The lowest BCUT2D eigenvalue weighted by Gasteiger charge is -2.16. The molecule has 0 amide bonds. The van der Waals surface area contributed by atoms with Crippen molar-refractivity contribution >= 4 is 5.97 Å². The van der Waals surface area contributed by atoms with E-state index in [9.17, 15) is 9.90 Å². The molecule has 0 aliphatic carbocycles. The van der Waals surface area contributed by atoms with E-state index in [2.05, 4.69) is 0 Å². The maximum absolute atomic E-state index is 11.8. The molecule has 0 radical (unpaired) electrons. The molecule has 0 saturated carbocycles. The van der Waals surface area contributed by atoms with Crippen molar-refractivity contribution in [3.63, 3.8) is 0 Å². The van der Waals surface area contributed by atoms with E-state index >= 15 is 0 Å². The molecule has 5 nitrogen and oxygen atoms in total. The molecule has 0 aliphatic heterocycles. The van der Waals surface area contributed by atoms with E-state index in [1.54, 1.807) is 38.3 Å². The van der Waals surface area contributed by atoms with Gasteiger partial charge in [-0.25, -0.2) is 4.79 Å². The molecule has 0 spiro atoms. The highest BCUT2D eigenvalue weighted by molar-refractivity contribution is 5.75. The zero-order valence-electron chi connectivity index (χ0n) is 11.3. The number of methoxy groups -OCH3 is 1. The first-order chi connectivity index (χ1) is 9.17. The minimum Gasteiger partial charge on any atom is -0.508 e. The van der Waals surface area contributed by atoms with Crippen LogP contribution in [0, 0.1) is 0 Å². The van der Waals surface area contributed by atoms with E-state index in [1.807, 2.05) is 0 Å². The predicted octanol–water partition coefficient (Wildman–Crippen LogP) is 1.53. The summed E-state index contributed by atoms with van der Waals surface area (Å²) in [5.74, 6) is -0.191. The van der Waals surface area contributed by atoms with Gasteiger partial charge in [0.05, 0.1) is 19.8 Å². The monoisotopic (exact) mass is 268 g/mol. The summed E-state index contributed by atoms with van der Waals surface area (Å²) in [6, 6.07) is 6.65. The van der Waals surface area contributed by atoms with Crippen molar-refractivity contribution < 1.29 is 24.1 Å². The fraction of sp³-hybridized carbons (Fsp3) is 0.500. The van der Waals surface area contributed by atoms with Gasteiger partial charge in [-0.05, 0) is 24.6 Å². The van der Waals surface area contributed by atoms with Crippen LogP contribution in [0.5, 0.6) is 5.75 Å². The highest BCUT2D eigenvalue weighted by atomic mass is 16.6. The number of rotatable bonds is 8. The van der Waals surface area contributed by atoms with Gasteiger partial charge >= 0.3 is 5.97 Å². The van der Waals surface area contributed by atoms with Crippen LogP contribution in [0.1, 0.15) is 12.5 Å². The van der Waals surface area contributed by atoms with Crippen molar-refractivity contribution in [3.8, 4) is 5.75 Å². The highest BCUT2D eigenvalue weighted by Crippen LogP contribution is 2.13. The fourth-order valence-electron chi connectivity index (χ4n) is 1.57. The first-order valence-corrected chi connectivity index (χ1v) is 6.22. The Labute approximate surface area is 113 Å². The molecule has 1 aromatic rings. The molecule has 0 heterocycles. The first kappa shape index (κ1) is 15.5. The van der Waals surface area contributed by atoms with Gasteiger partial charge in [0.1, 0.15) is 5.75 Å². The van der Waals surface area contributed by atoms with Gasteiger partial charge in [-0.1, -0.05) is 12.1 Å². The molecule has 106 valence electrons. The SMILES string of the molecule is CCOC(=O)C(Cc1ccc(O)cc1)OCCOC. The summed E-state index contributed by atoms with van der Waals surface area (Å²) < 4.78 is 15.3. The van der Waals surface area contributed by atoms with Gasteiger partial charge in [0.25, 0.3) is 0 Å². The van der Waals surface area contributed by atoms with E-state index in [0.29, 0.717) is 26.2 Å². The molecule has 0 bridgehead atoms. The number of benzene rings is 1. The van der Waals surface area contributed by atoms with E-state index in [-0.39, 0.29) is 11.7 Å². The molecular formula is C14H20O5. The first-order valence-electron chi connectivity index (χ1n) is 6.22. The maximum atomic E-state index is 11.8. The van der Waals surface area contributed by atoms with Crippen LogP contribution in [0.4, 0.5) is 0 Å².